The largest absolute Gasteiger partial charge is 0.309 e. The molecule has 1 nitrogen and oxygen atoms in total. The predicted octanol–water partition coefficient (Wildman–Crippen LogP) is 4.52. The van der Waals surface area contributed by atoms with Crippen LogP contribution in [0.2, 0.25) is 0 Å². The van der Waals surface area contributed by atoms with Gasteiger partial charge in [0, 0.05) is 20.3 Å². The van der Waals surface area contributed by atoms with Gasteiger partial charge in [0.05, 0.1) is 0 Å². The van der Waals surface area contributed by atoms with E-state index >= 15 is 0 Å². The molecule has 1 aromatic heterocycles. The molecule has 2 atom stereocenters. The molecule has 0 bridgehead atoms. The Morgan fingerprint density at radius 3 is 2.69 bits per heavy atom. The molecule has 0 amide bonds. The van der Waals surface area contributed by atoms with Gasteiger partial charge in [0.1, 0.15) is 0 Å². The first-order valence-corrected chi connectivity index (χ1v) is 7.73. The summed E-state index contributed by atoms with van der Waals surface area (Å²) < 4.78 is 1.26. The molecular formula is C13H20BrNS. The summed E-state index contributed by atoms with van der Waals surface area (Å²) in [6.45, 7) is 7.83. The minimum Gasteiger partial charge on any atom is -0.309 e. The van der Waals surface area contributed by atoms with E-state index in [9.17, 15) is 0 Å². The molecule has 1 aliphatic rings. The Balaban J connectivity index is 2.17. The van der Waals surface area contributed by atoms with E-state index in [4.69, 9.17) is 0 Å². The van der Waals surface area contributed by atoms with Crippen LogP contribution in [-0.4, -0.2) is 6.54 Å². The average Bonchev–Trinajstić information content (AvgIpc) is 3.03. The van der Waals surface area contributed by atoms with E-state index in [1.165, 1.54) is 27.1 Å². The summed E-state index contributed by atoms with van der Waals surface area (Å²) in [6, 6.07) is 2.85. The first-order chi connectivity index (χ1) is 7.63. The minimum atomic E-state index is 0.549. The van der Waals surface area contributed by atoms with Gasteiger partial charge >= 0.3 is 0 Å². The fraction of sp³-hybridized carbons (Fsp3) is 0.692. The highest BCUT2D eigenvalue weighted by atomic mass is 79.9. The van der Waals surface area contributed by atoms with E-state index in [-0.39, 0.29) is 0 Å². The molecule has 0 radical (unpaired) electrons. The molecule has 1 aliphatic carbocycles. The standard InChI is InChI=1S/C13H20BrNS/c1-4-15-13(8(2)10-5-6-10)12-7-11(14)9(3)16-12/h7-8,10,13,15H,4-6H2,1-3H3. The summed E-state index contributed by atoms with van der Waals surface area (Å²) in [7, 11) is 0. The highest BCUT2D eigenvalue weighted by Crippen LogP contribution is 2.44. The molecule has 1 heterocycles. The summed E-state index contributed by atoms with van der Waals surface area (Å²) in [5.74, 6) is 1.72. The van der Waals surface area contributed by atoms with Crippen molar-refractivity contribution >= 4 is 27.3 Å². The van der Waals surface area contributed by atoms with Crippen molar-refractivity contribution in [3.63, 3.8) is 0 Å². The van der Waals surface area contributed by atoms with Crippen LogP contribution in [0.5, 0.6) is 0 Å². The van der Waals surface area contributed by atoms with Gasteiger partial charge in [-0.3, -0.25) is 0 Å². The van der Waals surface area contributed by atoms with Gasteiger partial charge < -0.3 is 5.32 Å². The second-order valence-electron chi connectivity index (χ2n) is 4.78. The average molecular weight is 302 g/mol. The van der Waals surface area contributed by atoms with Crippen molar-refractivity contribution in [1.82, 2.24) is 5.32 Å². The molecule has 1 N–H and O–H groups in total. The van der Waals surface area contributed by atoms with E-state index < -0.39 is 0 Å². The van der Waals surface area contributed by atoms with E-state index in [2.05, 4.69) is 48.1 Å². The Kier molecular flexibility index (Phi) is 4.09. The van der Waals surface area contributed by atoms with Gasteiger partial charge in [-0.15, -0.1) is 11.3 Å². The minimum absolute atomic E-state index is 0.549. The Morgan fingerprint density at radius 1 is 1.56 bits per heavy atom. The normalized spacial score (nSPS) is 19.8. The lowest BCUT2D eigenvalue weighted by atomic mass is 9.95. The van der Waals surface area contributed by atoms with Crippen LogP contribution in [0.1, 0.15) is 42.5 Å². The molecule has 1 saturated carbocycles. The van der Waals surface area contributed by atoms with E-state index in [0.717, 1.165) is 18.4 Å². The van der Waals surface area contributed by atoms with Gasteiger partial charge in [0.25, 0.3) is 0 Å². The lowest BCUT2D eigenvalue weighted by molar-refractivity contribution is 0.360. The maximum atomic E-state index is 3.65. The second kappa shape index (κ2) is 5.19. The van der Waals surface area contributed by atoms with Gasteiger partial charge in [-0.25, -0.2) is 0 Å². The fourth-order valence-corrected chi connectivity index (χ4v) is 4.05. The summed E-state index contributed by atoms with van der Waals surface area (Å²) >= 11 is 5.55. The van der Waals surface area contributed by atoms with Crippen LogP contribution < -0.4 is 5.32 Å². The molecule has 2 rings (SSSR count). The summed E-state index contributed by atoms with van der Waals surface area (Å²) in [5.41, 5.74) is 0. The molecule has 16 heavy (non-hydrogen) atoms. The Bertz CT molecular complexity index is 337. The third kappa shape index (κ3) is 2.69. The van der Waals surface area contributed by atoms with Gasteiger partial charge in [0.15, 0.2) is 0 Å². The van der Waals surface area contributed by atoms with Crippen LogP contribution in [0, 0.1) is 18.8 Å². The Labute approximate surface area is 111 Å². The highest BCUT2D eigenvalue weighted by Gasteiger charge is 2.34. The molecule has 0 spiro atoms. The van der Waals surface area contributed by atoms with E-state index in [1.54, 1.807) is 0 Å². The lowest BCUT2D eigenvalue weighted by Gasteiger charge is -2.23. The van der Waals surface area contributed by atoms with Gasteiger partial charge in [-0.1, -0.05) is 13.8 Å². The molecule has 1 fully saturated rings. The first kappa shape index (κ1) is 12.6. The van der Waals surface area contributed by atoms with Crippen molar-refractivity contribution in [3.8, 4) is 0 Å². The number of aryl methyl sites for hydroxylation is 1. The smallest absolute Gasteiger partial charge is 0.0443 e. The van der Waals surface area contributed by atoms with Crippen LogP contribution in [-0.2, 0) is 0 Å². The van der Waals surface area contributed by atoms with Crippen LogP contribution >= 0.6 is 27.3 Å². The second-order valence-corrected chi connectivity index (χ2v) is 6.93. The molecule has 0 saturated heterocycles. The molecular weight excluding hydrogens is 282 g/mol. The van der Waals surface area contributed by atoms with Crippen LogP contribution in [0.4, 0.5) is 0 Å². The number of hydrogen-bond donors (Lipinski definition) is 1. The summed E-state index contributed by atoms with van der Waals surface area (Å²) in [4.78, 5) is 2.88. The van der Waals surface area contributed by atoms with Crippen LogP contribution in [0.15, 0.2) is 10.5 Å². The van der Waals surface area contributed by atoms with Crippen molar-refractivity contribution in [1.29, 1.82) is 0 Å². The maximum Gasteiger partial charge on any atom is 0.0443 e. The Morgan fingerprint density at radius 2 is 2.25 bits per heavy atom. The zero-order valence-electron chi connectivity index (χ0n) is 10.2. The zero-order chi connectivity index (χ0) is 11.7. The SMILES string of the molecule is CCNC(c1cc(Br)c(C)s1)C(C)C1CC1. The number of hydrogen-bond acceptors (Lipinski definition) is 2. The number of nitrogens with one attached hydrogen (secondary N) is 1. The third-order valence-corrected chi connectivity index (χ3v) is 5.72. The quantitative estimate of drug-likeness (QED) is 0.843. The Hall–Kier alpha value is 0.140. The zero-order valence-corrected chi connectivity index (χ0v) is 12.6. The van der Waals surface area contributed by atoms with E-state index in [1.807, 2.05) is 11.3 Å². The maximum absolute atomic E-state index is 3.65. The molecule has 1 aromatic rings. The number of thiophene rings is 1. The van der Waals surface area contributed by atoms with E-state index in [0.29, 0.717) is 6.04 Å². The van der Waals surface area contributed by atoms with Gasteiger partial charge in [-0.2, -0.15) is 0 Å². The fourth-order valence-electron chi connectivity index (χ4n) is 2.29. The summed E-state index contributed by atoms with van der Waals surface area (Å²) in [6.07, 6.45) is 2.85. The lowest BCUT2D eigenvalue weighted by Crippen LogP contribution is -2.27. The molecule has 2 unspecified atom stereocenters. The first-order valence-electron chi connectivity index (χ1n) is 6.12. The van der Waals surface area contributed by atoms with Crippen LogP contribution in [0.25, 0.3) is 0 Å². The van der Waals surface area contributed by atoms with Crippen LogP contribution in [0.3, 0.4) is 0 Å². The van der Waals surface area contributed by atoms with Crippen molar-refractivity contribution in [3.05, 3.63) is 20.3 Å². The number of halogens is 1. The van der Waals surface area contributed by atoms with Gasteiger partial charge in [-0.05, 0) is 60.1 Å². The third-order valence-electron chi connectivity index (χ3n) is 3.50. The van der Waals surface area contributed by atoms with Crippen molar-refractivity contribution in [2.24, 2.45) is 11.8 Å². The highest BCUT2D eigenvalue weighted by molar-refractivity contribution is 9.10. The molecule has 90 valence electrons. The molecule has 0 aromatic carbocycles. The van der Waals surface area contributed by atoms with Crippen molar-refractivity contribution in [2.75, 3.05) is 6.54 Å². The summed E-state index contributed by atoms with van der Waals surface area (Å²) in [5, 5.41) is 3.65. The predicted molar refractivity (Wildman–Crippen MR) is 75.1 cm³/mol. The molecule has 3 heteroatoms. The molecule has 0 aliphatic heterocycles. The van der Waals surface area contributed by atoms with Gasteiger partial charge in [0.2, 0.25) is 0 Å². The monoisotopic (exact) mass is 301 g/mol. The van der Waals surface area contributed by atoms with Crippen molar-refractivity contribution in [2.45, 2.75) is 39.7 Å². The number of rotatable bonds is 5. The van der Waals surface area contributed by atoms with Crippen molar-refractivity contribution < 1.29 is 0 Å². The topological polar surface area (TPSA) is 12.0 Å².